The molecular weight excluding hydrogens is 455 g/mol. The van der Waals surface area contributed by atoms with Crippen molar-refractivity contribution in [2.45, 2.75) is 33.9 Å². The average molecular weight is 481 g/mol. The van der Waals surface area contributed by atoms with Crippen LogP contribution in [0.25, 0.3) is 0 Å². The standard InChI is InChI=1S/C23H26F3N3O5/c1-5-32-18-12-16(13-19(33-6-2)20(18)34-7-3)21(30)29-28-14(4)15-8-10-17(11-9-15)27-22(31)23(24,25)26/h8-13H,5-7H2,1-4H3,(H,27,31)(H,29,30)/b28-14+. The Morgan fingerprint density at radius 3 is 1.88 bits per heavy atom. The van der Waals surface area contributed by atoms with Gasteiger partial charge in [0.15, 0.2) is 11.5 Å². The lowest BCUT2D eigenvalue weighted by Gasteiger charge is -2.16. The van der Waals surface area contributed by atoms with Crippen molar-refractivity contribution in [1.82, 2.24) is 5.43 Å². The van der Waals surface area contributed by atoms with E-state index in [2.05, 4.69) is 10.5 Å². The molecule has 0 aromatic heterocycles. The zero-order chi connectivity index (χ0) is 25.3. The SMILES string of the molecule is CCOc1cc(C(=O)N/N=C(\C)c2ccc(NC(=O)C(F)(F)F)cc2)cc(OCC)c1OCC. The van der Waals surface area contributed by atoms with Crippen LogP contribution in [0.2, 0.25) is 0 Å². The third-order valence-electron chi connectivity index (χ3n) is 4.31. The van der Waals surface area contributed by atoms with Crippen LogP contribution in [0, 0.1) is 0 Å². The molecule has 0 bridgehead atoms. The van der Waals surface area contributed by atoms with Crippen LogP contribution in [0.4, 0.5) is 18.9 Å². The van der Waals surface area contributed by atoms with Gasteiger partial charge in [0.05, 0.1) is 25.5 Å². The van der Waals surface area contributed by atoms with Gasteiger partial charge in [0, 0.05) is 11.3 Å². The number of carbonyl (C=O) groups is 2. The van der Waals surface area contributed by atoms with Crippen LogP contribution in [-0.2, 0) is 4.79 Å². The van der Waals surface area contributed by atoms with Gasteiger partial charge in [-0.2, -0.15) is 18.3 Å². The smallest absolute Gasteiger partial charge is 0.471 e. The number of nitrogens with one attached hydrogen (secondary N) is 2. The van der Waals surface area contributed by atoms with E-state index in [1.165, 1.54) is 36.4 Å². The average Bonchev–Trinajstić information content (AvgIpc) is 2.79. The Kier molecular flexibility index (Phi) is 9.28. The van der Waals surface area contributed by atoms with Crippen LogP contribution in [-0.4, -0.2) is 43.5 Å². The van der Waals surface area contributed by atoms with E-state index in [9.17, 15) is 22.8 Å². The molecule has 34 heavy (non-hydrogen) atoms. The first-order chi connectivity index (χ1) is 16.1. The van der Waals surface area contributed by atoms with Gasteiger partial charge in [0.2, 0.25) is 5.75 Å². The molecule has 0 aliphatic heterocycles. The highest BCUT2D eigenvalue weighted by Crippen LogP contribution is 2.39. The van der Waals surface area contributed by atoms with Crippen molar-refractivity contribution in [1.29, 1.82) is 0 Å². The Morgan fingerprint density at radius 2 is 1.41 bits per heavy atom. The van der Waals surface area contributed by atoms with E-state index in [0.717, 1.165) is 0 Å². The number of carbonyl (C=O) groups excluding carboxylic acids is 2. The number of hydrazone groups is 1. The molecule has 2 rings (SSSR count). The van der Waals surface area contributed by atoms with Gasteiger partial charge in [-0.15, -0.1) is 0 Å². The number of ether oxygens (including phenoxy) is 3. The number of amides is 2. The number of hydrogen-bond donors (Lipinski definition) is 2. The van der Waals surface area contributed by atoms with Gasteiger partial charge in [-0.05, 0) is 57.5 Å². The van der Waals surface area contributed by atoms with Crippen molar-refractivity contribution in [3.05, 3.63) is 47.5 Å². The quantitative estimate of drug-likeness (QED) is 0.384. The summed E-state index contributed by atoms with van der Waals surface area (Å²) in [4.78, 5) is 23.7. The van der Waals surface area contributed by atoms with Crippen LogP contribution < -0.4 is 25.0 Å². The summed E-state index contributed by atoms with van der Waals surface area (Å²) >= 11 is 0. The summed E-state index contributed by atoms with van der Waals surface area (Å²) < 4.78 is 53.9. The van der Waals surface area contributed by atoms with Crippen molar-refractivity contribution in [3.63, 3.8) is 0 Å². The summed E-state index contributed by atoms with van der Waals surface area (Å²) in [6.07, 6.45) is -4.98. The van der Waals surface area contributed by atoms with Gasteiger partial charge in [-0.25, -0.2) is 5.43 Å². The predicted octanol–water partition coefficient (Wildman–Crippen LogP) is 4.54. The fraction of sp³-hybridized carbons (Fsp3) is 0.348. The van der Waals surface area contributed by atoms with Gasteiger partial charge >= 0.3 is 12.1 Å². The van der Waals surface area contributed by atoms with E-state index in [4.69, 9.17) is 14.2 Å². The van der Waals surface area contributed by atoms with Crippen molar-refractivity contribution in [2.75, 3.05) is 25.1 Å². The monoisotopic (exact) mass is 481 g/mol. The number of halogens is 3. The highest BCUT2D eigenvalue weighted by atomic mass is 19.4. The first-order valence-corrected chi connectivity index (χ1v) is 10.5. The van der Waals surface area contributed by atoms with E-state index < -0.39 is 18.0 Å². The molecule has 0 heterocycles. The van der Waals surface area contributed by atoms with Gasteiger partial charge in [0.25, 0.3) is 5.91 Å². The predicted molar refractivity (Wildman–Crippen MR) is 121 cm³/mol. The van der Waals surface area contributed by atoms with Crippen molar-refractivity contribution >= 4 is 23.2 Å². The molecule has 0 saturated carbocycles. The summed E-state index contributed by atoms with van der Waals surface area (Å²) in [5.41, 5.74) is 3.56. The van der Waals surface area contributed by atoms with Crippen LogP contribution in [0.15, 0.2) is 41.5 Å². The lowest BCUT2D eigenvalue weighted by Crippen LogP contribution is -2.29. The third kappa shape index (κ3) is 7.12. The normalized spacial score (nSPS) is 11.6. The molecule has 0 atom stereocenters. The minimum atomic E-state index is -4.98. The Morgan fingerprint density at radius 1 is 0.882 bits per heavy atom. The Balaban J connectivity index is 2.18. The zero-order valence-electron chi connectivity index (χ0n) is 19.2. The minimum absolute atomic E-state index is 0.0239. The summed E-state index contributed by atoms with van der Waals surface area (Å²) in [6, 6.07) is 8.58. The number of rotatable bonds is 10. The maximum absolute atomic E-state index is 12.7. The van der Waals surface area contributed by atoms with E-state index in [1.807, 2.05) is 6.92 Å². The van der Waals surface area contributed by atoms with Crippen molar-refractivity contribution in [3.8, 4) is 17.2 Å². The third-order valence-corrected chi connectivity index (χ3v) is 4.31. The molecule has 0 saturated heterocycles. The van der Waals surface area contributed by atoms with E-state index in [0.29, 0.717) is 48.3 Å². The largest absolute Gasteiger partial charge is 0.490 e. The van der Waals surface area contributed by atoms with Crippen LogP contribution in [0.3, 0.4) is 0 Å². The van der Waals surface area contributed by atoms with Gasteiger partial charge < -0.3 is 19.5 Å². The molecule has 0 aliphatic carbocycles. The summed E-state index contributed by atoms with van der Waals surface area (Å²) in [5.74, 6) is -1.47. The van der Waals surface area contributed by atoms with Gasteiger partial charge in [-0.3, -0.25) is 9.59 Å². The van der Waals surface area contributed by atoms with E-state index in [1.54, 1.807) is 26.1 Å². The van der Waals surface area contributed by atoms with Crippen LogP contribution in [0.1, 0.15) is 43.6 Å². The molecule has 8 nitrogen and oxygen atoms in total. The lowest BCUT2D eigenvalue weighted by molar-refractivity contribution is -0.167. The molecule has 2 N–H and O–H groups in total. The molecule has 11 heteroatoms. The van der Waals surface area contributed by atoms with Crippen LogP contribution >= 0.6 is 0 Å². The van der Waals surface area contributed by atoms with Crippen LogP contribution in [0.5, 0.6) is 17.2 Å². The van der Waals surface area contributed by atoms with E-state index >= 15 is 0 Å². The molecular formula is C23H26F3N3O5. The highest BCUT2D eigenvalue weighted by molar-refractivity contribution is 6.02. The molecule has 0 unspecified atom stereocenters. The molecule has 0 aliphatic rings. The molecule has 0 radical (unpaired) electrons. The second-order valence-corrected chi connectivity index (χ2v) is 6.77. The Labute approximate surface area is 195 Å². The van der Waals surface area contributed by atoms with E-state index in [-0.39, 0.29) is 11.3 Å². The second kappa shape index (κ2) is 11.9. The number of nitrogens with zero attached hydrogens (tertiary/aromatic N) is 1. The fourth-order valence-corrected chi connectivity index (χ4v) is 2.78. The lowest BCUT2D eigenvalue weighted by atomic mass is 10.1. The van der Waals surface area contributed by atoms with Crippen molar-refractivity contribution < 1.29 is 37.0 Å². The fourth-order valence-electron chi connectivity index (χ4n) is 2.78. The molecule has 2 amide bonds. The molecule has 0 fully saturated rings. The molecule has 0 spiro atoms. The second-order valence-electron chi connectivity index (χ2n) is 6.77. The van der Waals surface area contributed by atoms with Crippen molar-refractivity contribution in [2.24, 2.45) is 5.10 Å². The number of hydrogen-bond acceptors (Lipinski definition) is 6. The topological polar surface area (TPSA) is 98.2 Å². The molecule has 184 valence electrons. The summed E-state index contributed by atoms with van der Waals surface area (Å²) in [7, 11) is 0. The Hall–Kier alpha value is -3.76. The van der Waals surface area contributed by atoms with Gasteiger partial charge in [-0.1, -0.05) is 12.1 Å². The first kappa shape index (κ1) is 26.5. The number of alkyl halides is 3. The maximum Gasteiger partial charge on any atom is 0.471 e. The molecule has 2 aromatic carbocycles. The molecule has 2 aromatic rings. The zero-order valence-corrected chi connectivity index (χ0v) is 19.2. The minimum Gasteiger partial charge on any atom is -0.490 e. The number of benzene rings is 2. The highest BCUT2D eigenvalue weighted by Gasteiger charge is 2.38. The Bertz CT molecular complexity index is 1010. The van der Waals surface area contributed by atoms with Gasteiger partial charge in [0.1, 0.15) is 0 Å². The first-order valence-electron chi connectivity index (χ1n) is 10.5. The number of anilines is 1. The summed E-state index contributed by atoms with van der Waals surface area (Å²) in [6.45, 7) is 8.13. The summed E-state index contributed by atoms with van der Waals surface area (Å²) in [5, 5.41) is 5.80. The maximum atomic E-state index is 12.7.